The summed E-state index contributed by atoms with van der Waals surface area (Å²) in [5, 5.41) is 2.41. The van der Waals surface area contributed by atoms with Gasteiger partial charge in [0.25, 0.3) is 0 Å². The zero-order valence-corrected chi connectivity index (χ0v) is 16.5. The van der Waals surface area contributed by atoms with Gasteiger partial charge in [0.1, 0.15) is 15.7 Å². The van der Waals surface area contributed by atoms with Gasteiger partial charge >= 0.3 is 0 Å². The van der Waals surface area contributed by atoms with Crippen molar-refractivity contribution in [3.05, 3.63) is 16.7 Å². The van der Waals surface area contributed by atoms with E-state index in [9.17, 15) is 0 Å². The predicted octanol–water partition coefficient (Wildman–Crippen LogP) is 1.64. The van der Waals surface area contributed by atoms with Crippen LogP contribution in [0.2, 0.25) is 0 Å². The number of aromatic nitrogens is 1. The van der Waals surface area contributed by atoms with Crippen molar-refractivity contribution in [1.82, 2.24) is 4.57 Å². The second-order valence-electron chi connectivity index (χ2n) is 6.18. The molecule has 0 amide bonds. The zero-order valence-electron chi connectivity index (χ0n) is 13.8. The Balaban J connectivity index is 2.81. The van der Waals surface area contributed by atoms with Crippen molar-refractivity contribution in [2.45, 2.75) is 35.5 Å². The molecule has 0 radical (unpaired) electrons. The molecule has 22 heavy (non-hydrogen) atoms. The minimum absolute atomic E-state index is 1.01. The first-order chi connectivity index (χ1) is 10.2. The van der Waals surface area contributed by atoms with Crippen LogP contribution in [-0.4, -0.2) is 20.3 Å². The molecule has 0 saturated heterocycles. The molecule has 1 aromatic heterocycles. The molecule has 0 aliphatic rings. The first kappa shape index (κ1) is 16.3. The number of thiol groups is 3. The number of fused-ring (bicyclic) bond motifs is 3. The summed E-state index contributed by atoms with van der Waals surface area (Å²) in [4.78, 5) is 3.09. The lowest BCUT2D eigenvalue weighted by molar-refractivity contribution is 0.999. The first-order valence-corrected chi connectivity index (χ1v) is 8.66. The highest BCUT2D eigenvalue weighted by molar-refractivity contribution is 7.81. The molecule has 112 valence electrons. The molecule has 1 heterocycles. The van der Waals surface area contributed by atoms with Gasteiger partial charge in [0.15, 0.2) is 0 Å². The average molecular weight is 343 g/mol. The van der Waals surface area contributed by atoms with E-state index in [0.717, 1.165) is 20.2 Å². The number of aryl methyl sites for hydroxylation is 2. The third-order valence-electron chi connectivity index (χ3n) is 5.12. The van der Waals surface area contributed by atoms with Gasteiger partial charge in [-0.1, -0.05) is 16.5 Å². The van der Waals surface area contributed by atoms with Gasteiger partial charge in [-0.05, 0) is 31.9 Å². The van der Waals surface area contributed by atoms with Crippen molar-refractivity contribution in [2.24, 2.45) is 7.05 Å². The highest BCUT2D eigenvalue weighted by Crippen LogP contribution is 2.41. The summed E-state index contributed by atoms with van der Waals surface area (Å²) < 4.78 is 2.28. The smallest absolute Gasteiger partial charge is 0.142 e. The molecule has 3 rings (SSSR count). The second kappa shape index (κ2) is 5.22. The van der Waals surface area contributed by atoms with Gasteiger partial charge in [-0.3, -0.25) is 0 Å². The van der Waals surface area contributed by atoms with E-state index in [1.54, 1.807) is 0 Å². The highest BCUT2D eigenvalue weighted by atomic mass is 32.1. The Hall–Kier alpha value is -0.580. The third-order valence-corrected chi connectivity index (χ3v) is 6.91. The molecular weight excluding hydrogens is 324 g/mol. The van der Waals surface area contributed by atoms with Crippen molar-refractivity contribution in [2.75, 3.05) is 0 Å². The Kier molecular flexibility index (Phi) is 3.86. The standard InChI is InChI=1S/C16H19B2NS3/c1-5-10(17)13-9(16(22)11(5)18)8-12(19(13)4)6(2)14(20)7(3)15(8)21/h20-22H,17-18H2,1-4H3. The van der Waals surface area contributed by atoms with Gasteiger partial charge in [0.05, 0.1) is 5.52 Å². The van der Waals surface area contributed by atoms with Crippen LogP contribution in [0.1, 0.15) is 16.7 Å². The summed E-state index contributed by atoms with van der Waals surface area (Å²) in [7, 11) is 6.47. The number of hydrogen-bond donors (Lipinski definition) is 3. The maximum atomic E-state index is 4.85. The number of nitrogens with zero attached hydrogens (tertiary/aromatic N) is 1. The van der Waals surface area contributed by atoms with E-state index in [1.165, 1.54) is 43.9 Å². The highest BCUT2D eigenvalue weighted by Gasteiger charge is 2.22. The van der Waals surface area contributed by atoms with Crippen molar-refractivity contribution < 1.29 is 0 Å². The molecule has 0 bridgehead atoms. The van der Waals surface area contributed by atoms with Gasteiger partial charge in [-0.15, -0.1) is 37.9 Å². The Bertz CT molecular complexity index is 897. The number of hydrogen-bond acceptors (Lipinski definition) is 3. The van der Waals surface area contributed by atoms with Crippen LogP contribution in [0.15, 0.2) is 14.7 Å². The van der Waals surface area contributed by atoms with Crippen molar-refractivity contribution in [3.63, 3.8) is 0 Å². The van der Waals surface area contributed by atoms with Gasteiger partial charge < -0.3 is 4.57 Å². The van der Waals surface area contributed by atoms with Crippen LogP contribution in [0.25, 0.3) is 21.8 Å². The summed E-state index contributed by atoms with van der Waals surface area (Å²) >= 11 is 14.4. The van der Waals surface area contributed by atoms with Gasteiger partial charge in [0, 0.05) is 38.0 Å². The van der Waals surface area contributed by atoms with E-state index in [0.29, 0.717) is 0 Å². The summed E-state index contributed by atoms with van der Waals surface area (Å²) in [6.45, 7) is 6.39. The van der Waals surface area contributed by atoms with E-state index in [1.807, 2.05) is 0 Å². The second-order valence-corrected chi connectivity index (χ2v) is 7.52. The normalized spacial score (nSPS) is 11.8. The molecular formula is C16H19B2NS3. The molecule has 3 aromatic rings. The van der Waals surface area contributed by atoms with E-state index < -0.39 is 0 Å². The van der Waals surface area contributed by atoms with Crippen molar-refractivity contribution in [1.29, 1.82) is 0 Å². The first-order valence-electron chi connectivity index (χ1n) is 7.32. The quantitative estimate of drug-likeness (QED) is 0.403. The summed E-state index contributed by atoms with van der Waals surface area (Å²) in [5.41, 5.74) is 8.67. The van der Waals surface area contributed by atoms with Gasteiger partial charge in [0.2, 0.25) is 0 Å². The van der Waals surface area contributed by atoms with Crippen LogP contribution >= 0.6 is 37.9 Å². The maximum Gasteiger partial charge on any atom is 0.142 e. The van der Waals surface area contributed by atoms with Gasteiger partial charge in [-0.2, -0.15) is 0 Å². The molecule has 0 aliphatic heterocycles. The van der Waals surface area contributed by atoms with E-state index in [4.69, 9.17) is 37.9 Å². The molecule has 0 saturated carbocycles. The fraction of sp³-hybridized carbons (Fsp3) is 0.250. The van der Waals surface area contributed by atoms with Crippen LogP contribution in [-0.2, 0) is 7.05 Å². The van der Waals surface area contributed by atoms with Crippen LogP contribution in [0, 0.1) is 20.8 Å². The monoisotopic (exact) mass is 343 g/mol. The number of benzene rings is 2. The Labute approximate surface area is 149 Å². The van der Waals surface area contributed by atoms with Crippen LogP contribution in [0.3, 0.4) is 0 Å². The van der Waals surface area contributed by atoms with Crippen molar-refractivity contribution >= 4 is 86.3 Å². The Morgan fingerprint density at radius 3 is 1.82 bits per heavy atom. The zero-order chi connectivity index (χ0) is 16.5. The lowest BCUT2D eigenvalue weighted by atomic mass is 9.79. The van der Waals surface area contributed by atoms with Gasteiger partial charge in [-0.25, -0.2) is 0 Å². The lowest BCUT2D eigenvalue weighted by Gasteiger charge is -2.12. The summed E-state index contributed by atoms with van der Waals surface area (Å²) in [6, 6.07) is 0. The minimum Gasteiger partial charge on any atom is -0.344 e. The van der Waals surface area contributed by atoms with E-state index >= 15 is 0 Å². The molecule has 2 aromatic carbocycles. The summed E-state index contributed by atoms with van der Waals surface area (Å²) in [6.07, 6.45) is 0. The SMILES string of the molecule is Bc1c(C)c(B)c2c(c1S)c1c(S)c(C)c(S)c(C)c1n2C. The van der Waals surface area contributed by atoms with E-state index in [2.05, 4.69) is 48.1 Å². The molecule has 6 heteroatoms. The number of rotatable bonds is 0. The molecule has 0 aliphatic carbocycles. The average Bonchev–Trinajstić information content (AvgIpc) is 2.80. The lowest BCUT2D eigenvalue weighted by Crippen LogP contribution is -2.23. The Morgan fingerprint density at radius 2 is 1.23 bits per heavy atom. The molecule has 0 atom stereocenters. The maximum absolute atomic E-state index is 4.85. The largest absolute Gasteiger partial charge is 0.344 e. The molecule has 0 spiro atoms. The molecule has 0 N–H and O–H groups in total. The van der Waals surface area contributed by atoms with Crippen molar-refractivity contribution in [3.8, 4) is 0 Å². The topological polar surface area (TPSA) is 4.93 Å². The van der Waals surface area contributed by atoms with Crippen LogP contribution in [0.4, 0.5) is 0 Å². The Morgan fingerprint density at radius 1 is 0.682 bits per heavy atom. The molecule has 0 fully saturated rings. The van der Waals surface area contributed by atoms with Crippen LogP contribution in [0.5, 0.6) is 0 Å². The van der Waals surface area contributed by atoms with Crippen LogP contribution < -0.4 is 10.9 Å². The fourth-order valence-electron chi connectivity index (χ4n) is 3.54. The predicted molar refractivity (Wildman–Crippen MR) is 113 cm³/mol. The fourth-order valence-corrected chi connectivity index (χ4v) is 4.56. The van der Waals surface area contributed by atoms with E-state index in [-0.39, 0.29) is 0 Å². The minimum atomic E-state index is 1.01. The summed E-state index contributed by atoms with van der Waals surface area (Å²) in [5.74, 6) is 0. The third kappa shape index (κ3) is 1.87. The molecule has 0 unspecified atom stereocenters. The molecule has 1 nitrogen and oxygen atoms in total.